The van der Waals surface area contributed by atoms with Crippen LogP contribution in [0.4, 0.5) is 11.8 Å². The van der Waals surface area contributed by atoms with Gasteiger partial charge in [-0.15, -0.1) is 0 Å². The highest BCUT2D eigenvalue weighted by Crippen LogP contribution is 2.25. The lowest BCUT2D eigenvalue weighted by Gasteiger charge is -2.17. The van der Waals surface area contributed by atoms with E-state index in [1.165, 1.54) is 17.3 Å². The Morgan fingerprint density at radius 2 is 1.89 bits per heavy atom. The first-order valence-electron chi connectivity index (χ1n) is 8.72. The summed E-state index contributed by atoms with van der Waals surface area (Å²) in [7, 11) is 0. The molecule has 9 heteroatoms. The molecule has 0 spiro atoms. The van der Waals surface area contributed by atoms with Crippen LogP contribution < -0.4 is 16.8 Å². The van der Waals surface area contributed by atoms with E-state index in [1.807, 2.05) is 26.0 Å². The Hall–Kier alpha value is -2.81. The number of nitrogens with one attached hydrogen (secondary N) is 2. The van der Waals surface area contributed by atoms with Gasteiger partial charge in [-0.05, 0) is 31.4 Å². The number of benzene rings is 1. The molecule has 142 valence electrons. The number of hydrogen-bond acceptors (Lipinski definition) is 7. The van der Waals surface area contributed by atoms with Crippen molar-refractivity contribution in [2.75, 3.05) is 11.5 Å². The third-order valence-corrected chi connectivity index (χ3v) is 5.26. The van der Waals surface area contributed by atoms with E-state index in [4.69, 9.17) is 11.5 Å². The van der Waals surface area contributed by atoms with Gasteiger partial charge in [-0.3, -0.25) is 4.79 Å². The fraction of sp³-hybridized carbons (Fsp3) is 0.333. The Labute approximate surface area is 161 Å². The molecular formula is C18H23N7OS. The van der Waals surface area contributed by atoms with Crippen LogP contribution in [0.25, 0.3) is 11.2 Å². The number of aryl methyl sites for hydroxylation is 1. The van der Waals surface area contributed by atoms with Crippen molar-refractivity contribution in [3.05, 3.63) is 35.4 Å². The van der Waals surface area contributed by atoms with Gasteiger partial charge in [0.2, 0.25) is 11.9 Å². The van der Waals surface area contributed by atoms with Crippen molar-refractivity contribution in [1.29, 1.82) is 0 Å². The number of aromatic amines is 1. The number of carbonyl (C=O) groups is 1. The molecule has 0 radical (unpaired) electrons. The van der Waals surface area contributed by atoms with Crippen LogP contribution in [0.15, 0.2) is 29.4 Å². The molecule has 3 aromatic rings. The van der Waals surface area contributed by atoms with Crippen molar-refractivity contribution < 1.29 is 4.79 Å². The average molecular weight is 385 g/mol. The first-order chi connectivity index (χ1) is 12.9. The average Bonchev–Trinajstić information content (AvgIpc) is 3.04. The molecule has 0 fully saturated rings. The maximum atomic E-state index is 12.5. The summed E-state index contributed by atoms with van der Waals surface area (Å²) in [6, 6.07) is 8.19. The van der Waals surface area contributed by atoms with E-state index in [0.29, 0.717) is 16.3 Å². The molecule has 0 aliphatic heterocycles. The van der Waals surface area contributed by atoms with E-state index in [9.17, 15) is 4.79 Å². The first-order valence-corrected chi connectivity index (χ1v) is 9.60. The minimum Gasteiger partial charge on any atom is -0.382 e. The fourth-order valence-corrected chi connectivity index (χ4v) is 3.46. The van der Waals surface area contributed by atoms with Crippen molar-refractivity contribution in [1.82, 2.24) is 25.3 Å². The summed E-state index contributed by atoms with van der Waals surface area (Å²) in [5.41, 5.74) is 14.7. The summed E-state index contributed by atoms with van der Waals surface area (Å²) in [5, 5.41) is 3.22. The molecule has 27 heavy (non-hydrogen) atoms. The standard InChI is InChI=1S/C18H23N7OS/c1-4-11-5-7-12(8-6-11)9(2)21-16(26)10(3)27-18-22-13-14(19)23-17(20)24-15(13)25-18/h5-10H,4H2,1-3H3,(H,21,26)(H5,19,20,22,23,24,25). The van der Waals surface area contributed by atoms with Gasteiger partial charge in [0.05, 0.1) is 11.3 Å². The third-order valence-electron chi connectivity index (χ3n) is 4.28. The van der Waals surface area contributed by atoms with E-state index >= 15 is 0 Å². The van der Waals surface area contributed by atoms with Crippen LogP contribution in [-0.2, 0) is 11.2 Å². The number of thioether (sulfide) groups is 1. The summed E-state index contributed by atoms with van der Waals surface area (Å²) in [6.45, 7) is 5.91. The van der Waals surface area contributed by atoms with Gasteiger partial charge in [-0.2, -0.15) is 9.97 Å². The second kappa shape index (κ2) is 7.83. The van der Waals surface area contributed by atoms with E-state index in [0.717, 1.165) is 12.0 Å². The molecule has 2 atom stereocenters. The Morgan fingerprint density at radius 1 is 1.19 bits per heavy atom. The van der Waals surface area contributed by atoms with Crippen LogP contribution in [0.5, 0.6) is 0 Å². The summed E-state index contributed by atoms with van der Waals surface area (Å²) >= 11 is 1.29. The van der Waals surface area contributed by atoms with E-state index in [2.05, 4.69) is 44.3 Å². The molecule has 0 bridgehead atoms. The molecule has 2 unspecified atom stereocenters. The minimum absolute atomic E-state index is 0.0664. The Morgan fingerprint density at radius 3 is 2.56 bits per heavy atom. The molecule has 0 aliphatic rings. The molecule has 0 aliphatic carbocycles. The molecule has 8 nitrogen and oxygen atoms in total. The number of carbonyl (C=O) groups excluding carboxylic acids is 1. The lowest BCUT2D eigenvalue weighted by molar-refractivity contribution is -0.120. The zero-order chi connectivity index (χ0) is 19.6. The summed E-state index contributed by atoms with van der Waals surface area (Å²) < 4.78 is 0. The number of nitrogen functional groups attached to an aromatic ring is 2. The molecule has 1 amide bonds. The number of imidazole rings is 1. The molecule has 2 aromatic heterocycles. The van der Waals surface area contributed by atoms with Gasteiger partial charge in [0.15, 0.2) is 16.6 Å². The smallest absolute Gasteiger partial charge is 0.233 e. The number of aromatic nitrogens is 4. The van der Waals surface area contributed by atoms with Gasteiger partial charge in [0.1, 0.15) is 5.52 Å². The number of nitrogens with two attached hydrogens (primary N) is 2. The van der Waals surface area contributed by atoms with Crippen LogP contribution in [0, 0.1) is 0 Å². The summed E-state index contributed by atoms with van der Waals surface area (Å²) in [6.07, 6.45) is 0.993. The van der Waals surface area contributed by atoms with Crippen LogP contribution in [-0.4, -0.2) is 31.1 Å². The number of nitrogens with zero attached hydrogens (tertiary/aromatic N) is 3. The van der Waals surface area contributed by atoms with Crippen molar-refractivity contribution in [3.8, 4) is 0 Å². The third kappa shape index (κ3) is 4.30. The van der Waals surface area contributed by atoms with Crippen molar-refractivity contribution in [3.63, 3.8) is 0 Å². The maximum absolute atomic E-state index is 12.5. The molecular weight excluding hydrogens is 362 g/mol. The highest BCUT2D eigenvalue weighted by atomic mass is 32.2. The minimum atomic E-state index is -0.352. The van der Waals surface area contributed by atoms with Crippen LogP contribution in [0.1, 0.15) is 37.9 Å². The number of H-pyrrole nitrogens is 1. The highest BCUT2D eigenvalue weighted by Gasteiger charge is 2.20. The van der Waals surface area contributed by atoms with Gasteiger partial charge < -0.3 is 21.8 Å². The van der Waals surface area contributed by atoms with Gasteiger partial charge in [-0.1, -0.05) is 43.0 Å². The molecule has 3 rings (SSSR count). The predicted octanol–water partition coefficient (Wildman–Crippen LogP) is 2.44. The van der Waals surface area contributed by atoms with E-state index in [-0.39, 0.29) is 29.0 Å². The Balaban J connectivity index is 1.65. The van der Waals surface area contributed by atoms with Gasteiger partial charge in [0, 0.05) is 0 Å². The number of fused-ring (bicyclic) bond motifs is 1. The van der Waals surface area contributed by atoms with Crippen molar-refractivity contribution in [2.45, 2.75) is 43.6 Å². The van der Waals surface area contributed by atoms with E-state index in [1.54, 1.807) is 0 Å². The van der Waals surface area contributed by atoms with Gasteiger partial charge in [-0.25, -0.2) is 4.98 Å². The van der Waals surface area contributed by atoms with Crippen molar-refractivity contribution >= 4 is 40.6 Å². The lowest BCUT2D eigenvalue weighted by atomic mass is 10.0. The van der Waals surface area contributed by atoms with Gasteiger partial charge in [0.25, 0.3) is 0 Å². The number of rotatable bonds is 6. The zero-order valence-corrected chi connectivity index (χ0v) is 16.3. The van der Waals surface area contributed by atoms with Gasteiger partial charge >= 0.3 is 0 Å². The second-order valence-electron chi connectivity index (χ2n) is 6.29. The second-order valence-corrected chi connectivity index (χ2v) is 7.62. The zero-order valence-electron chi connectivity index (χ0n) is 15.5. The number of amides is 1. The van der Waals surface area contributed by atoms with Crippen LogP contribution in [0.2, 0.25) is 0 Å². The largest absolute Gasteiger partial charge is 0.382 e. The molecule has 0 saturated heterocycles. The monoisotopic (exact) mass is 385 g/mol. The molecule has 0 saturated carbocycles. The number of anilines is 2. The highest BCUT2D eigenvalue weighted by molar-refractivity contribution is 8.00. The van der Waals surface area contributed by atoms with Crippen LogP contribution >= 0.6 is 11.8 Å². The normalized spacial score (nSPS) is 13.4. The molecule has 2 heterocycles. The SMILES string of the molecule is CCc1ccc(C(C)NC(=O)C(C)Sc2nc3nc(N)nc(N)c3[nH]2)cc1. The number of hydrogen-bond donors (Lipinski definition) is 4. The van der Waals surface area contributed by atoms with Crippen molar-refractivity contribution in [2.24, 2.45) is 0 Å². The summed E-state index contributed by atoms with van der Waals surface area (Å²) in [5.74, 6) is 0.223. The lowest BCUT2D eigenvalue weighted by Crippen LogP contribution is -2.33. The Bertz CT molecular complexity index is 954. The summed E-state index contributed by atoms with van der Waals surface area (Å²) in [4.78, 5) is 27.9. The van der Waals surface area contributed by atoms with Crippen LogP contribution in [0.3, 0.4) is 0 Å². The quantitative estimate of drug-likeness (QED) is 0.478. The van der Waals surface area contributed by atoms with E-state index < -0.39 is 0 Å². The molecule has 1 aromatic carbocycles. The topological polar surface area (TPSA) is 136 Å². The fourth-order valence-electron chi connectivity index (χ4n) is 2.65. The first kappa shape index (κ1) is 19.0. The maximum Gasteiger partial charge on any atom is 0.233 e. The predicted molar refractivity (Wildman–Crippen MR) is 108 cm³/mol. The molecule has 6 N–H and O–H groups in total. The Kier molecular flexibility index (Phi) is 5.50.